The fourth-order valence-electron chi connectivity index (χ4n) is 2.05. The molecular formula is C12H10F4N4O. The Labute approximate surface area is 116 Å². The van der Waals surface area contributed by atoms with Gasteiger partial charge in [-0.15, -0.1) is 5.10 Å². The summed E-state index contributed by atoms with van der Waals surface area (Å²) in [5.41, 5.74) is -1.19. The zero-order valence-electron chi connectivity index (χ0n) is 10.6. The van der Waals surface area contributed by atoms with Crippen LogP contribution in [0.5, 0.6) is 11.8 Å². The quantitative estimate of drug-likeness (QED) is 0.865. The van der Waals surface area contributed by atoms with Crippen LogP contribution >= 0.6 is 0 Å². The van der Waals surface area contributed by atoms with E-state index in [2.05, 4.69) is 15.5 Å². The van der Waals surface area contributed by atoms with Crippen LogP contribution in [0.15, 0.2) is 18.2 Å². The molecular weight excluding hydrogens is 292 g/mol. The van der Waals surface area contributed by atoms with E-state index in [1.807, 2.05) is 0 Å². The lowest BCUT2D eigenvalue weighted by Crippen LogP contribution is -2.28. The molecule has 0 unspecified atom stereocenters. The normalized spacial score (nSPS) is 14.9. The van der Waals surface area contributed by atoms with Gasteiger partial charge in [-0.25, -0.2) is 4.39 Å². The number of aromatic nitrogens is 3. The molecule has 0 saturated heterocycles. The first kappa shape index (κ1) is 13.8. The molecule has 5 nitrogen and oxygen atoms in total. The molecule has 0 fully saturated rings. The first-order chi connectivity index (χ1) is 9.95. The monoisotopic (exact) mass is 302 g/mol. The van der Waals surface area contributed by atoms with E-state index in [-0.39, 0.29) is 6.01 Å². The van der Waals surface area contributed by atoms with Crippen LogP contribution in [0.3, 0.4) is 0 Å². The lowest BCUT2D eigenvalue weighted by molar-refractivity contribution is -0.138. The second-order valence-electron chi connectivity index (χ2n) is 4.47. The third-order valence-corrected chi connectivity index (χ3v) is 3.04. The Morgan fingerprint density at radius 2 is 2.05 bits per heavy atom. The predicted molar refractivity (Wildman–Crippen MR) is 63.2 cm³/mol. The van der Waals surface area contributed by atoms with Crippen molar-refractivity contribution in [1.29, 1.82) is 0 Å². The van der Waals surface area contributed by atoms with E-state index in [9.17, 15) is 17.6 Å². The van der Waals surface area contributed by atoms with E-state index in [1.165, 1.54) is 0 Å². The Morgan fingerprint density at radius 3 is 2.81 bits per heavy atom. The second kappa shape index (κ2) is 4.99. The molecule has 3 rings (SSSR count). The molecule has 0 atom stereocenters. The number of ether oxygens (including phenoxy) is 1. The summed E-state index contributed by atoms with van der Waals surface area (Å²) >= 11 is 0. The maximum absolute atomic E-state index is 13.0. The number of hydrogen-bond donors (Lipinski definition) is 1. The van der Waals surface area contributed by atoms with Gasteiger partial charge in [-0.05, 0) is 18.2 Å². The van der Waals surface area contributed by atoms with Crippen LogP contribution in [-0.2, 0) is 19.3 Å². The smallest absolute Gasteiger partial charge is 0.420 e. The van der Waals surface area contributed by atoms with Crippen LogP contribution in [-0.4, -0.2) is 21.3 Å². The van der Waals surface area contributed by atoms with Crippen molar-refractivity contribution in [2.24, 2.45) is 0 Å². The Balaban J connectivity index is 1.97. The number of benzene rings is 1. The van der Waals surface area contributed by atoms with Gasteiger partial charge in [0.05, 0.1) is 6.54 Å². The molecule has 0 spiro atoms. The van der Waals surface area contributed by atoms with Gasteiger partial charge in [-0.1, -0.05) is 5.10 Å². The number of halogens is 4. The van der Waals surface area contributed by atoms with E-state index in [0.29, 0.717) is 31.5 Å². The molecule has 0 saturated carbocycles. The molecule has 1 N–H and O–H groups in total. The van der Waals surface area contributed by atoms with Crippen molar-refractivity contribution in [1.82, 2.24) is 20.1 Å². The Morgan fingerprint density at radius 1 is 1.24 bits per heavy atom. The molecule has 0 bridgehead atoms. The van der Waals surface area contributed by atoms with Crippen LogP contribution in [0.1, 0.15) is 11.4 Å². The fourth-order valence-corrected chi connectivity index (χ4v) is 2.05. The highest BCUT2D eigenvalue weighted by molar-refractivity contribution is 5.38. The summed E-state index contributed by atoms with van der Waals surface area (Å²) < 4.78 is 58.5. The van der Waals surface area contributed by atoms with Crippen molar-refractivity contribution in [2.75, 3.05) is 6.54 Å². The largest absolute Gasteiger partial charge is 0.424 e. The average molecular weight is 302 g/mol. The number of hydrogen-bond acceptors (Lipinski definition) is 4. The zero-order chi connectivity index (χ0) is 15.0. The molecule has 1 aromatic carbocycles. The summed E-state index contributed by atoms with van der Waals surface area (Å²) in [7, 11) is 0. The van der Waals surface area contributed by atoms with Crippen LogP contribution in [0.25, 0.3) is 0 Å². The highest BCUT2D eigenvalue weighted by Gasteiger charge is 2.35. The standard InChI is InChI=1S/C12H10F4N4O/c13-7-1-2-9(8(5-7)12(14,15)16)21-11-19-18-10-6-17-3-4-20(10)11/h1-2,5,17H,3-4,6H2. The third kappa shape index (κ3) is 2.68. The minimum Gasteiger partial charge on any atom is -0.424 e. The van der Waals surface area contributed by atoms with Gasteiger partial charge in [0, 0.05) is 13.1 Å². The summed E-state index contributed by atoms with van der Waals surface area (Å²) in [4.78, 5) is 0. The highest BCUT2D eigenvalue weighted by Crippen LogP contribution is 2.38. The Bertz CT molecular complexity index is 668. The van der Waals surface area contributed by atoms with Crippen LogP contribution in [0, 0.1) is 5.82 Å². The van der Waals surface area contributed by atoms with Gasteiger partial charge >= 0.3 is 12.2 Å². The summed E-state index contributed by atoms with van der Waals surface area (Å²) in [6.45, 7) is 1.59. The van der Waals surface area contributed by atoms with Crippen molar-refractivity contribution in [3.8, 4) is 11.8 Å². The maximum atomic E-state index is 13.0. The van der Waals surface area contributed by atoms with Gasteiger partial charge in [0.1, 0.15) is 23.0 Å². The van der Waals surface area contributed by atoms with E-state index < -0.39 is 23.3 Å². The van der Waals surface area contributed by atoms with Crippen molar-refractivity contribution >= 4 is 0 Å². The molecule has 2 heterocycles. The summed E-state index contributed by atoms with van der Waals surface area (Å²) in [6, 6.07) is 2.19. The molecule has 112 valence electrons. The van der Waals surface area contributed by atoms with Gasteiger partial charge in [0.2, 0.25) is 0 Å². The molecule has 1 aliphatic heterocycles. The molecule has 9 heteroatoms. The molecule has 0 radical (unpaired) electrons. The number of alkyl halides is 3. The van der Waals surface area contributed by atoms with E-state index in [1.54, 1.807) is 4.57 Å². The third-order valence-electron chi connectivity index (χ3n) is 3.04. The molecule has 0 amide bonds. The first-order valence-corrected chi connectivity index (χ1v) is 6.12. The summed E-state index contributed by atoms with van der Waals surface area (Å²) in [6.07, 6.45) is -4.72. The molecule has 1 aliphatic rings. The number of nitrogens with one attached hydrogen (secondary N) is 1. The maximum Gasteiger partial charge on any atom is 0.420 e. The molecule has 2 aromatic rings. The van der Waals surface area contributed by atoms with Crippen LogP contribution in [0.2, 0.25) is 0 Å². The Hall–Kier alpha value is -2.16. The topological polar surface area (TPSA) is 52.0 Å². The molecule has 21 heavy (non-hydrogen) atoms. The van der Waals surface area contributed by atoms with Crippen molar-refractivity contribution < 1.29 is 22.3 Å². The van der Waals surface area contributed by atoms with Crippen molar-refractivity contribution in [2.45, 2.75) is 19.3 Å². The highest BCUT2D eigenvalue weighted by atomic mass is 19.4. The van der Waals surface area contributed by atoms with Gasteiger partial charge in [0.15, 0.2) is 0 Å². The summed E-state index contributed by atoms with van der Waals surface area (Å²) in [5, 5.41) is 10.6. The zero-order valence-corrected chi connectivity index (χ0v) is 10.6. The number of rotatable bonds is 2. The second-order valence-corrected chi connectivity index (χ2v) is 4.47. The van der Waals surface area contributed by atoms with Gasteiger partial charge in [-0.3, -0.25) is 4.57 Å². The number of nitrogens with zero attached hydrogens (tertiary/aromatic N) is 3. The van der Waals surface area contributed by atoms with Gasteiger partial charge < -0.3 is 10.1 Å². The van der Waals surface area contributed by atoms with Crippen LogP contribution < -0.4 is 10.1 Å². The van der Waals surface area contributed by atoms with Crippen LogP contribution in [0.4, 0.5) is 17.6 Å². The minimum atomic E-state index is -4.72. The summed E-state index contributed by atoms with van der Waals surface area (Å²) in [5.74, 6) is -0.910. The van der Waals surface area contributed by atoms with E-state index >= 15 is 0 Å². The number of fused-ring (bicyclic) bond motifs is 1. The fraction of sp³-hybridized carbons (Fsp3) is 0.333. The minimum absolute atomic E-state index is 0.0383. The lowest BCUT2D eigenvalue weighted by atomic mass is 10.2. The predicted octanol–water partition coefficient (Wildman–Crippen LogP) is 2.33. The van der Waals surface area contributed by atoms with Gasteiger partial charge in [0.25, 0.3) is 0 Å². The van der Waals surface area contributed by atoms with Gasteiger partial charge in [-0.2, -0.15) is 13.2 Å². The first-order valence-electron chi connectivity index (χ1n) is 6.12. The molecule has 1 aromatic heterocycles. The Kier molecular flexibility index (Phi) is 3.28. The van der Waals surface area contributed by atoms with E-state index in [4.69, 9.17) is 4.74 Å². The average Bonchev–Trinajstić information content (AvgIpc) is 2.83. The van der Waals surface area contributed by atoms with E-state index in [0.717, 1.165) is 12.1 Å². The molecule has 0 aliphatic carbocycles. The van der Waals surface area contributed by atoms with Crippen molar-refractivity contribution in [3.05, 3.63) is 35.4 Å². The SMILES string of the molecule is Fc1ccc(Oc2nnc3n2CCNC3)c(C(F)(F)F)c1. The van der Waals surface area contributed by atoms with Crippen molar-refractivity contribution in [3.63, 3.8) is 0 Å². The lowest BCUT2D eigenvalue weighted by Gasteiger charge is -2.17.